The Balaban J connectivity index is 1.99. The normalized spacial score (nSPS) is 11.2. The van der Waals surface area contributed by atoms with E-state index in [1.54, 1.807) is 23.1 Å². The molecule has 0 N–H and O–H groups in total. The largest absolute Gasteiger partial charge is 0.217 e. The minimum absolute atomic E-state index is 0.964. The SMILES string of the molecule is CCc1nn2cc(-c3ccc(SC)cc3)nc2s1. The quantitative estimate of drug-likeness (QED) is 0.682. The van der Waals surface area contributed by atoms with Gasteiger partial charge in [0, 0.05) is 10.5 Å². The van der Waals surface area contributed by atoms with E-state index in [9.17, 15) is 0 Å². The second-order valence-corrected chi connectivity index (χ2v) is 5.85. The molecule has 0 spiro atoms. The molecule has 1 aromatic carbocycles. The van der Waals surface area contributed by atoms with Crippen molar-refractivity contribution in [2.75, 3.05) is 6.26 Å². The monoisotopic (exact) mass is 275 g/mol. The van der Waals surface area contributed by atoms with Crippen molar-refractivity contribution in [3.05, 3.63) is 35.5 Å². The number of imidazole rings is 1. The second kappa shape index (κ2) is 4.74. The van der Waals surface area contributed by atoms with Gasteiger partial charge in [-0.25, -0.2) is 9.50 Å². The van der Waals surface area contributed by atoms with Crippen molar-refractivity contribution in [2.24, 2.45) is 0 Å². The summed E-state index contributed by atoms with van der Waals surface area (Å²) in [6.07, 6.45) is 5.04. The maximum atomic E-state index is 4.62. The summed E-state index contributed by atoms with van der Waals surface area (Å²) in [5.41, 5.74) is 2.13. The highest BCUT2D eigenvalue weighted by Crippen LogP contribution is 2.24. The van der Waals surface area contributed by atoms with Crippen LogP contribution in [0.2, 0.25) is 0 Å². The van der Waals surface area contributed by atoms with Gasteiger partial charge in [0.25, 0.3) is 0 Å². The van der Waals surface area contributed by atoms with Crippen molar-refractivity contribution >= 4 is 28.1 Å². The third-order valence-corrected chi connectivity index (χ3v) is 4.58. The van der Waals surface area contributed by atoms with Crippen LogP contribution < -0.4 is 0 Å². The van der Waals surface area contributed by atoms with E-state index in [1.807, 2.05) is 10.7 Å². The fraction of sp³-hybridized carbons (Fsp3) is 0.231. The van der Waals surface area contributed by atoms with Gasteiger partial charge >= 0.3 is 0 Å². The number of aryl methyl sites for hydroxylation is 1. The average Bonchev–Trinajstić information content (AvgIpc) is 2.96. The fourth-order valence-electron chi connectivity index (χ4n) is 1.79. The van der Waals surface area contributed by atoms with E-state index in [0.717, 1.165) is 27.6 Å². The number of nitrogens with zero attached hydrogens (tertiary/aromatic N) is 3. The maximum absolute atomic E-state index is 4.62. The van der Waals surface area contributed by atoms with Gasteiger partial charge in [0.05, 0.1) is 11.9 Å². The molecule has 0 aliphatic heterocycles. The van der Waals surface area contributed by atoms with Gasteiger partial charge in [0.1, 0.15) is 5.01 Å². The van der Waals surface area contributed by atoms with Crippen LogP contribution in [0.1, 0.15) is 11.9 Å². The van der Waals surface area contributed by atoms with Gasteiger partial charge in [-0.1, -0.05) is 30.4 Å². The van der Waals surface area contributed by atoms with Crippen molar-refractivity contribution < 1.29 is 0 Å². The average molecular weight is 275 g/mol. The summed E-state index contributed by atoms with van der Waals surface area (Å²) in [4.78, 5) is 6.86. The lowest BCUT2D eigenvalue weighted by molar-refractivity contribution is 0.910. The Hall–Kier alpha value is -1.33. The van der Waals surface area contributed by atoms with Gasteiger partial charge in [-0.15, -0.1) is 11.8 Å². The van der Waals surface area contributed by atoms with Gasteiger partial charge in [0.2, 0.25) is 4.96 Å². The highest BCUT2D eigenvalue weighted by Gasteiger charge is 2.08. The molecular formula is C13H13N3S2. The zero-order valence-electron chi connectivity index (χ0n) is 10.3. The summed E-state index contributed by atoms with van der Waals surface area (Å²) in [6.45, 7) is 2.11. The van der Waals surface area contributed by atoms with E-state index >= 15 is 0 Å². The minimum Gasteiger partial charge on any atom is -0.217 e. The molecule has 92 valence electrons. The van der Waals surface area contributed by atoms with E-state index in [4.69, 9.17) is 0 Å². The Morgan fingerprint density at radius 3 is 2.67 bits per heavy atom. The summed E-state index contributed by atoms with van der Waals surface area (Å²) in [6, 6.07) is 8.47. The van der Waals surface area contributed by atoms with Crippen LogP contribution in [0.25, 0.3) is 16.2 Å². The highest BCUT2D eigenvalue weighted by molar-refractivity contribution is 7.98. The first-order chi connectivity index (χ1) is 8.80. The smallest absolute Gasteiger partial charge is 0.212 e. The summed E-state index contributed by atoms with van der Waals surface area (Å²) in [5.74, 6) is 0. The predicted molar refractivity (Wildman–Crippen MR) is 77.5 cm³/mol. The molecular weight excluding hydrogens is 262 g/mol. The topological polar surface area (TPSA) is 30.2 Å². The molecule has 5 heteroatoms. The fourth-order valence-corrected chi connectivity index (χ4v) is 3.01. The van der Waals surface area contributed by atoms with Gasteiger partial charge in [-0.05, 0) is 24.8 Å². The summed E-state index contributed by atoms with van der Waals surface area (Å²) >= 11 is 3.41. The molecule has 3 aromatic rings. The number of fused-ring (bicyclic) bond motifs is 1. The summed E-state index contributed by atoms with van der Waals surface area (Å²) in [5, 5.41) is 5.61. The van der Waals surface area contributed by atoms with Crippen LogP contribution in [0.15, 0.2) is 35.4 Å². The zero-order valence-corrected chi connectivity index (χ0v) is 11.9. The van der Waals surface area contributed by atoms with Crippen molar-refractivity contribution in [2.45, 2.75) is 18.2 Å². The van der Waals surface area contributed by atoms with Crippen LogP contribution in [-0.2, 0) is 6.42 Å². The Morgan fingerprint density at radius 1 is 1.28 bits per heavy atom. The minimum atomic E-state index is 0.964. The molecule has 3 nitrogen and oxygen atoms in total. The Labute approximate surface area is 114 Å². The summed E-state index contributed by atoms with van der Waals surface area (Å²) in [7, 11) is 0. The van der Waals surface area contributed by atoms with Crippen LogP contribution in [0.5, 0.6) is 0 Å². The van der Waals surface area contributed by atoms with Crippen molar-refractivity contribution in [3.8, 4) is 11.3 Å². The van der Waals surface area contributed by atoms with Crippen LogP contribution >= 0.6 is 23.1 Å². The molecule has 0 saturated heterocycles. The summed E-state index contributed by atoms with van der Waals surface area (Å²) < 4.78 is 1.88. The molecule has 0 fully saturated rings. The molecule has 0 aliphatic carbocycles. The standard InChI is InChI=1S/C13H13N3S2/c1-3-12-15-16-8-11(14-13(16)18-12)9-4-6-10(17-2)7-5-9/h4-8H,3H2,1-2H3. The molecule has 0 unspecified atom stereocenters. The number of thioether (sulfide) groups is 1. The van der Waals surface area contributed by atoms with Crippen LogP contribution in [0.3, 0.4) is 0 Å². The molecule has 18 heavy (non-hydrogen) atoms. The van der Waals surface area contributed by atoms with Gasteiger partial charge < -0.3 is 0 Å². The first-order valence-electron chi connectivity index (χ1n) is 5.79. The van der Waals surface area contributed by atoms with Crippen molar-refractivity contribution in [3.63, 3.8) is 0 Å². The predicted octanol–water partition coefficient (Wildman–Crippen LogP) is 3.74. The Morgan fingerprint density at radius 2 is 2.06 bits per heavy atom. The molecule has 0 aliphatic rings. The van der Waals surface area contributed by atoms with E-state index in [1.165, 1.54) is 4.90 Å². The molecule has 0 amide bonds. The van der Waals surface area contributed by atoms with Gasteiger partial charge in [-0.2, -0.15) is 5.10 Å². The third-order valence-electron chi connectivity index (χ3n) is 2.77. The van der Waals surface area contributed by atoms with Crippen molar-refractivity contribution in [1.82, 2.24) is 14.6 Å². The number of hydrogen-bond acceptors (Lipinski definition) is 4. The number of hydrogen-bond donors (Lipinski definition) is 0. The van der Waals surface area contributed by atoms with E-state index < -0.39 is 0 Å². The highest BCUT2D eigenvalue weighted by atomic mass is 32.2. The number of aromatic nitrogens is 3. The Kier molecular flexibility index (Phi) is 3.09. The van der Waals surface area contributed by atoms with Crippen LogP contribution in [0.4, 0.5) is 0 Å². The first kappa shape index (κ1) is 11.7. The molecule has 0 bridgehead atoms. The molecule has 2 aromatic heterocycles. The number of rotatable bonds is 3. The van der Waals surface area contributed by atoms with Crippen molar-refractivity contribution in [1.29, 1.82) is 0 Å². The number of benzene rings is 1. The van der Waals surface area contributed by atoms with E-state index in [-0.39, 0.29) is 0 Å². The van der Waals surface area contributed by atoms with Crippen LogP contribution in [-0.4, -0.2) is 20.9 Å². The lowest BCUT2D eigenvalue weighted by Gasteiger charge is -1.98. The molecule has 2 heterocycles. The first-order valence-corrected chi connectivity index (χ1v) is 7.84. The lowest BCUT2D eigenvalue weighted by atomic mass is 10.2. The molecule has 0 atom stereocenters. The molecule has 0 radical (unpaired) electrons. The second-order valence-electron chi connectivity index (χ2n) is 3.93. The maximum Gasteiger partial charge on any atom is 0.212 e. The Bertz CT molecular complexity index is 636. The van der Waals surface area contributed by atoms with Gasteiger partial charge in [0.15, 0.2) is 0 Å². The zero-order chi connectivity index (χ0) is 12.5. The van der Waals surface area contributed by atoms with Crippen LogP contribution in [0, 0.1) is 0 Å². The molecule has 3 rings (SSSR count). The van der Waals surface area contributed by atoms with E-state index in [2.05, 4.69) is 47.5 Å². The lowest BCUT2D eigenvalue weighted by Crippen LogP contribution is -1.83. The van der Waals surface area contributed by atoms with Gasteiger partial charge in [-0.3, -0.25) is 0 Å². The third kappa shape index (κ3) is 2.04. The van der Waals surface area contributed by atoms with E-state index in [0.29, 0.717) is 0 Å². The molecule has 0 saturated carbocycles.